The van der Waals surface area contributed by atoms with Crippen LogP contribution in [0.5, 0.6) is 11.5 Å². The molecule has 0 saturated carbocycles. The fraction of sp³-hybridized carbons (Fsp3) is 0.300. The van der Waals surface area contributed by atoms with Crippen LogP contribution in [0, 0.1) is 0 Å². The molecule has 0 bridgehead atoms. The lowest BCUT2D eigenvalue weighted by Gasteiger charge is -2.37. The zero-order valence-corrected chi connectivity index (χ0v) is 13.8. The fourth-order valence-electron chi connectivity index (χ4n) is 3.33. The van der Waals surface area contributed by atoms with Gasteiger partial charge in [0.25, 0.3) is 0 Å². The van der Waals surface area contributed by atoms with E-state index in [0.29, 0.717) is 6.04 Å². The third kappa shape index (κ3) is 3.10. The number of nitrogens with zero attached hydrogens (tertiary/aromatic N) is 1. The summed E-state index contributed by atoms with van der Waals surface area (Å²) in [6.45, 7) is 5.67. The monoisotopic (exact) mass is 309 g/mol. The second-order valence-electron chi connectivity index (χ2n) is 5.82. The molecule has 2 aromatic rings. The average Bonchev–Trinajstić information content (AvgIpc) is 2.61. The van der Waals surface area contributed by atoms with Gasteiger partial charge in [0.1, 0.15) is 0 Å². The Morgan fingerprint density at radius 3 is 2.35 bits per heavy atom. The van der Waals surface area contributed by atoms with Gasteiger partial charge in [-0.05, 0) is 35.2 Å². The number of hydrogen-bond donors (Lipinski definition) is 0. The van der Waals surface area contributed by atoms with Crippen molar-refractivity contribution in [2.75, 3.05) is 20.8 Å². The van der Waals surface area contributed by atoms with Gasteiger partial charge in [-0.3, -0.25) is 4.90 Å². The molecule has 2 aromatic carbocycles. The maximum Gasteiger partial charge on any atom is 0.161 e. The van der Waals surface area contributed by atoms with Crippen molar-refractivity contribution in [1.29, 1.82) is 0 Å². The van der Waals surface area contributed by atoms with Gasteiger partial charge in [-0.15, -0.1) is 6.58 Å². The number of rotatable bonds is 5. The molecule has 23 heavy (non-hydrogen) atoms. The molecule has 1 aliphatic rings. The van der Waals surface area contributed by atoms with E-state index in [2.05, 4.69) is 53.9 Å². The molecule has 0 aliphatic carbocycles. The second kappa shape index (κ2) is 6.88. The lowest BCUT2D eigenvalue weighted by atomic mass is 9.89. The molecule has 0 amide bonds. The lowest BCUT2D eigenvalue weighted by molar-refractivity contribution is 0.192. The average molecular weight is 309 g/mol. The van der Waals surface area contributed by atoms with Crippen LogP contribution in [0.4, 0.5) is 0 Å². The molecule has 1 unspecified atom stereocenters. The molecular formula is C20H23NO2. The van der Waals surface area contributed by atoms with E-state index in [0.717, 1.165) is 31.0 Å². The van der Waals surface area contributed by atoms with Gasteiger partial charge in [0.15, 0.2) is 11.5 Å². The van der Waals surface area contributed by atoms with Gasteiger partial charge < -0.3 is 9.47 Å². The van der Waals surface area contributed by atoms with Gasteiger partial charge in [-0.25, -0.2) is 0 Å². The van der Waals surface area contributed by atoms with Crippen LogP contribution in [0.15, 0.2) is 55.1 Å². The summed E-state index contributed by atoms with van der Waals surface area (Å²) < 4.78 is 10.9. The third-order valence-corrected chi connectivity index (χ3v) is 4.48. The molecule has 3 rings (SSSR count). The maximum absolute atomic E-state index is 5.46. The topological polar surface area (TPSA) is 21.7 Å². The van der Waals surface area contributed by atoms with Crippen LogP contribution in [0.3, 0.4) is 0 Å². The Morgan fingerprint density at radius 1 is 1.09 bits per heavy atom. The minimum atomic E-state index is 0.361. The van der Waals surface area contributed by atoms with Crippen LogP contribution in [-0.2, 0) is 13.0 Å². The first kappa shape index (κ1) is 15.6. The highest BCUT2D eigenvalue weighted by Crippen LogP contribution is 2.38. The molecule has 0 spiro atoms. The maximum atomic E-state index is 5.46. The summed E-state index contributed by atoms with van der Waals surface area (Å²) in [6, 6.07) is 15.3. The zero-order chi connectivity index (χ0) is 16.2. The highest BCUT2D eigenvalue weighted by Gasteiger charge is 2.27. The minimum Gasteiger partial charge on any atom is -0.493 e. The molecule has 3 nitrogen and oxygen atoms in total. The van der Waals surface area contributed by atoms with Gasteiger partial charge in [0, 0.05) is 19.1 Å². The van der Waals surface area contributed by atoms with E-state index in [1.54, 1.807) is 14.2 Å². The Bertz CT molecular complexity index is 682. The summed E-state index contributed by atoms with van der Waals surface area (Å²) in [4.78, 5) is 2.45. The molecule has 120 valence electrons. The van der Waals surface area contributed by atoms with Gasteiger partial charge in [0.2, 0.25) is 0 Å². The van der Waals surface area contributed by atoms with Crippen molar-refractivity contribution in [3.05, 3.63) is 71.8 Å². The van der Waals surface area contributed by atoms with Crippen LogP contribution in [0.25, 0.3) is 0 Å². The number of ether oxygens (including phenoxy) is 2. The standard InChI is InChI=1S/C20H23NO2/c1-4-10-21-14-17-13-20(23-3)19(22-2)12-16(17)11-18(21)15-8-6-5-7-9-15/h4-9,12-13,18H,1,10-11,14H2,2-3H3. The van der Waals surface area contributed by atoms with Crippen LogP contribution in [-0.4, -0.2) is 25.7 Å². The van der Waals surface area contributed by atoms with Crippen LogP contribution < -0.4 is 9.47 Å². The SMILES string of the molecule is C=CCN1Cc2cc(OC)c(OC)cc2CC1c1ccccc1. The predicted molar refractivity (Wildman–Crippen MR) is 93.0 cm³/mol. The Labute approximate surface area is 138 Å². The number of methoxy groups -OCH3 is 2. The van der Waals surface area contributed by atoms with E-state index in [1.807, 2.05) is 6.08 Å². The summed E-state index contributed by atoms with van der Waals surface area (Å²) in [5.74, 6) is 1.60. The number of fused-ring (bicyclic) bond motifs is 1. The molecule has 1 aliphatic heterocycles. The first-order valence-corrected chi connectivity index (χ1v) is 7.90. The first-order chi connectivity index (χ1) is 11.3. The van der Waals surface area contributed by atoms with E-state index in [4.69, 9.17) is 9.47 Å². The van der Waals surface area contributed by atoms with Gasteiger partial charge in [-0.2, -0.15) is 0 Å². The fourth-order valence-corrected chi connectivity index (χ4v) is 3.33. The van der Waals surface area contributed by atoms with E-state index < -0.39 is 0 Å². The summed E-state index contributed by atoms with van der Waals surface area (Å²) in [5.41, 5.74) is 3.98. The molecular weight excluding hydrogens is 286 g/mol. The van der Waals surface area contributed by atoms with E-state index in [-0.39, 0.29) is 0 Å². The Hall–Kier alpha value is -2.26. The van der Waals surface area contributed by atoms with E-state index >= 15 is 0 Å². The highest BCUT2D eigenvalue weighted by molar-refractivity contribution is 5.49. The van der Waals surface area contributed by atoms with Crippen molar-refractivity contribution in [1.82, 2.24) is 4.90 Å². The molecule has 0 fully saturated rings. The Kier molecular flexibility index (Phi) is 4.68. The summed E-state index contributed by atoms with van der Waals surface area (Å²) in [6.07, 6.45) is 2.94. The molecule has 0 N–H and O–H groups in total. The summed E-state index contributed by atoms with van der Waals surface area (Å²) in [7, 11) is 3.37. The van der Waals surface area contributed by atoms with Crippen LogP contribution in [0.2, 0.25) is 0 Å². The molecule has 3 heteroatoms. The largest absolute Gasteiger partial charge is 0.493 e. The van der Waals surface area contributed by atoms with Gasteiger partial charge >= 0.3 is 0 Å². The second-order valence-corrected chi connectivity index (χ2v) is 5.82. The van der Waals surface area contributed by atoms with Crippen molar-refractivity contribution in [3.63, 3.8) is 0 Å². The quantitative estimate of drug-likeness (QED) is 0.780. The van der Waals surface area contributed by atoms with Crippen LogP contribution >= 0.6 is 0 Å². The molecule has 0 saturated heterocycles. The predicted octanol–water partition coefficient (Wildman–Crippen LogP) is 3.99. The van der Waals surface area contributed by atoms with Crippen molar-refractivity contribution >= 4 is 0 Å². The van der Waals surface area contributed by atoms with Gasteiger partial charge in [0.05, 0.1) is 14.2 Å². The van der Waals surface area contributed by atoms with Crippen molar-refractivity contribution in [2.45, 2.75) is 19.0 Å². The molecule has 0 radical (unpaired) electrons. The van der Waals surface area contributed by atoms with Crippen molar-refractivity contribution in [3.8, 4) is 11.5 Å². The van der Waals surface area contributed by atoms with Crippen molar-refractivity contribution < 1.29 is 9.47 Å². The van der Waals surface area contributed by atoms with E-state index in [9.17, 15) is 0 Å². The zero-order valence-electron chi connectivity index (χ0n) is 13.8. The number of benzene rings is 2. The first-order valence-electron chi connectivity index (χ1n) is 7.90. The highest BCUT2D eigenvalue weighted by atomic mass is 16.5. The number of hydrogen-bond acceptors (Lipinski definition) is 3. The Balaban J connectivity index is 2.00. The minimum absolute atomic E-state index is 0.361. The van der Waals surface area contributed by atoms with Crippen molar-refractivity contribution in [2.24, 2.45) is 0 Å². The summed E-state index contributed by atoms with van der Waals surface area (Å²) in [5, 5.41) is 0. The third-order valence-electron chi connectivity index (χ3n) is 4.48. The molecule has 1 atom stereocenters. The van der Waals surface area contributed by atoms with E-state index in [1.165, 1.54) is 16.7 Å². The normalized spacial score (nSPS) is 17.4. The van der Waals surface area contributed by atoms with Gasteiger partial charge in [-0.1, -0.05) is 36.4 Å². The lowest BCUT2D eigenvalue weighted by Crippen LogP contribution is -2.34. The molecule has 0 aromatic heterocycles. The van der Waals surface area contributed by atoms with Crippen LogP contribution in [0.1, 0.15) is 22.7 Å². The summed E-state index contributed by atoms with van der Waals surface area (Å²) >= 11 is 0. The Morgan fingerprint density at radius 2 is 1.74 bits per heavy atom. The smallest absolute Gasteiger partial charge is 0.161 e. The molecule has 1 heterocycles.